The van der Waals surface area contributed by atoms with E-state index in [-0.39, 0.29) is 59.1 Å². The fourth-order valence-electron chi connectivity index (χ4n) is 0.0831. The van der Waals surface area contributed by atoms with Crippen LogP contribution in [0.15, 0.2) is 0 Å². The second-order valence-electron chi connectivity index (χ2n) is 0.782. The molecule has 0 aromatic heterocycles. The van der Waals surface area contributed by atoms with Crippen LogP contribution in [0.2, 0.25) is 0 Å². The number of hydrogen-bond donors (Lipinski definition) is 3. The van der Waals surface area contributed by atoms with Crippen LogP contribution in [0, 0.1) is 0 Å². The zero-order valence-corrected chi connectivity index (χ0v) is 5.13. The third-order valence-corrected chi connectivity index (χ3v) is 1.45. The van der Waals surface area contributed by atoms with Crippen LogP contribution in [-0.4, -0.2) is 77.7 Å². The number of hydrogen-bond acceptors (Lipinski definition) is 3. The van der Waals surface area contributed by atoms with Crippen molar-refractivity contribution in [3.8, 4) is 0 Å². The van der Waals surface area contributed by atoms with Crippen molar-refractivity contribution in [3.05, 3.63) is 0 Å². The minimum atomic E-state index is -4.77. The second-order valence-corrected chi connectivity index (χ2v) is 2.79. The third kappa shape index (κ3) is 16.7. The van der Waals surface area contributed by atoms with E-state index in [0.29, 0.717) is 0 Å². The molecule has 0 fully saturated rings. The maximum absolute atomic E-state index is 9.56. The van der Waals surface area contributed by atoms with E-state index in [1.54, 1.807) is 0 Å². The van der Waals surface area contributed by atoms with E-state index in [1.165, 1.54) is 0 Å². The van der Waals surface area contributed by atoms with Crippen molar-refractivity contribution in [2.75, 3.05) is 0 Å². The van der Waals surface area contributed by atoms with Crippen LogP contribution in [-0.2, 0) is 19.9 Å². The summed E-state index contributed by atoms with van der Waals surface area (Å²) in [5.74, 6) is 0. The second kappa shape index (κ2) is 7.85. The van der Waals surface area contributed by atoms with Gasteiger partial charge in [-0.2, -0.15) is 8.18 Å². The van der Waals surface area contributed by atoms with Gasteiger partial charge in [0.25, 0.3) is 0 Å². The normalized spacial score (nSPS) is 12.7. The van der Waals surface area contributed by atoms with Crippen molar-refractivity contribution in [2.45, 2.75) is 0 Å². The summed E-state index contributed by atoms with van der Waals surface area (Å²) in [6.45, 7) is 0. The first-order valence-corrected chi connectivity index (χ1v) is 3.84. The van der Waals surface area contributed by atoms with Crippen LogP contribution in [0.25, 0.3) is 0 Å². The average molecular weight is 210 g/mol. The van der Waals surface area contributed by atoms with Crippen LogP contribution < -0.4 is 0 Å². The van der Waals surface area contributed by atoms with Crippen molar-refractivity contribution in [1.82, 2.24) is 0 Å². The first kappa shape index (κ1) is 18.1. The standard InChI is InChI=1S/2Na.H3O6PS.2H/c;;1-7(2,3)6-8(4)5;;/h;;(H,4,5)(H2,1,2,3);;. The predicted octanol–water partition coefficient (Wildman–Crippen LogP) is -2.06. The Morgan fingerprint density at radius 1 is 1.30 bits per heavy atom. The molecule has 0 saturated heterocycles. The SMILES string of the molecule is O=S(O)OP(=O)(O)O.[NaH].[NaH]. The zero-order valence-electron chi connectivity index (χ0n) is 3.42. The Balaban J connectivity index is -0.000000245. The molecule has 0 amide bonds. The van der Waals surface area contributed by atoms with E-state index >= 15 is 0 Å². The van der Waals surface area contributed by atoms with Gasteiger partial charge in [0.1, 0.15) is 0 Å². The monoisotopic (exact) mass is 210 g/mol. The molecule has 0 bridgehead atoms. The molecule has 1 unspecified atom stereocenters. The van der Waals surface area contributed by atoms with Crippen molar-refractivity contribution < 1.29 is 27.1 Å². The Hall–Kier alpha value is 2.22. The molecule has 1 atom stereocenters. The molecule has 0 heterocycles. The van der Waals surface area contributed by atoms with Crippen molar-refractivity contribution in [1.29, 1.82) is 0 Å². The van der Waals surface area contributed by atoms with Crippen molar-refractivity contribution >= 4 is 78.3 Å². The van der Waals surface area contributed by atoms with E-state index in [9.17, 15) is 8.77 Å². The first-order valence-electron chi connectivity index (χ1n) is 1.28. The topological polar surface area (TPSA) is 104 Å². The number of rotatable bonds is 2. The fraction of sp³-hybridized carbons (Fsp3) is 0. The Bertz CT molecular complexity index is 139. The van der Waals surface area contributed by atoms with Gasteiger partial charge < -0.3 is 9.79 Å². The van der Waals surface area contributed by atoms with E-state index in [2.05, 4.69) is 3.97 Å². The Labute approximate surface area is 104 Å². The van der Waals surface area contributed by atoms with E-state index in [0.717, 1.165) is 0 Å². The minimum absolute atomic E-state index is 0. The summed E-state index contributed by atoms with van der Waals surface area (Å²) >= 11 is -2.90. The quantitative estimate of drug-likeness (QED) is 0.275. The molecule has 0 aromatic rings. The summed E-state index contributed by atoms with van der Waals surface area (Å²) in [5, 5.41) is 0. The van der Waals surface area contributed by atoms with Gasteiger partial charge in [0.15, 0.2) is 0 Å². The summed E-state index contributed by atoms with van der Waals surface area (Å²) in [7, 11) is -4.77. The van der Waals surface area contributed by atoms with Crippen molar-refractivity contribution in [2.24, 2.45) is 0 Å². The average Bonchev–Trinajstić information content (AvgIpc) is 1.21. The molecule has 0 radical (unpaired) electrons. The fourth-order valence-corrected chi connectivity index (χ4v) is 0.748. The van der Waals surface area contributed by atoms with Gasteiger partial charge >= 0.3 is 78.3 Å². The van der Waals surface area contributed by atoms with Gasteiger partial charge in [0, 0.05) is 0 Å². The van der Waals surface area contributed by atoms with Crippen LogP contribution in [0.4, 0.5) is 0 Å². The van der Waals surface area contributed by atoms with Gasteiger partial charge in [-0.05, 0) is 0 Å². The van der Waals surface area contributed by atoms with Gasteiger partial charge in [-0.3, -0.25) is 4.55 Å². The van der Waals surface area contributed by atoms with Crippen LogP contribution in [0.1, 0.15) is 0 Å². The maximum atomic E-state index is 9.56. The molecule has 0 aliphatic rings. The van der Waals surface area contributed by atoms with Gasteiger partial charge in [-0.15, -0.1) is 0 Å². The summed E-state index contributed by atoms with van der Waals surface area (Å²) in [4.78, 5) is 15.4. The molecule has 6 nitrogen and oxygen atoms in total. The van der Waals surface area contributed by atoms with Gasteiger partial charge in [-0.25, -0.2) is 4.57 Å². The molecule has 54 valence electrons. The molecular formula is H5Na2O6PS. The molecule has 0 spiro atoms. The molecule has 0 aliphatic carbocycles. The Kier molecular flexibility index (Phi) is 14.2. The molecule has 0 aliphatic heterocycles. The van der Waals surface area contributed by atoms with E-state index in [1.807, 2.05) is 0 Å². The van der Waals surface area contributed by atoms with Gasteiger partial charge in [-0.1, -0.05) is 0 Å². The van der Waals surface area contributed by atoms with Crippen molar-refractivity contribution in [3.63, 3.8) is 0 Å². The third-order valence-electron chi connectivity index (χ3n) is 0.161. The molecule has 0 aromatic carbocycles. The first-order chi connectivity index (χ1) is 3.42. The van der Waals surface area contributed by atoms with Crippen LogP contribution >= 0.6 is 7.82 Å². The van der Waals surface area contributed by atoms with E-state index < -0.39 is 19.2 Å². The molecule has 0 rings (SSSR count). The molecular weight excluding hydrogens is 205 g/mol. The van der Waals surface area contributed by atoms with Gasteiger partial charge in [0.2, 0.25) is 0 Å². The number of phosphoric acid groups is 1. The summed E-state index contributed by atoms with van der Waals surface area (Å²) in [6, 6.07) is 0. The Morgan fingerprint density at radius 3 is 1.60 bits per heavy atom. The summed E-state index contributed by atoms with van der Waals surface area (Å²) in [5.41, 5.74) is 0. The Morgan fingerprint density at radius 2 is 1.60 bits per heavy atom. The van der Waals surface area contributed by atoms with Gasteiger partial charge in [0.05, 0.1) is 0 Å². The predicted molar refractivity (Wildman–Crippen MR) is 38.2 cm³/mol. The molecule has 0 saturated carbocycles. The van der Waals surface area contributed by atoms with E-state index in [4.69, 9.17) is 14.3 Å². The molecule has 10 heavy (non-hydrogen) atoms. The molecule has 3 N–H and O–H groups in total. The summed E-state index contributed by atoms with van der Waals surface area (Å²) < 4.78 is 29.8. The zero-order chi connectivity index (χ0) is 6.78. The van der Waals surface area contributed by atoms with Crippen LogP contribution in [0.5, 0.6) is 0 Å². The van der Waals surface area contributed by atoms with Crippen LogP contribution in [0.3, 0.4) is 0 Å². The molecule has 10 heteroatoms. The summed E-state index contributed by atoms with van der Waals surface area (Å²) in [6.07, 6.45) is 0.